The summed E-state index contributed by atoms with van der Waals surface area (Å²) >= 11 is 6.04. The lowest BCUT2D eigenvalue weighted by atomic mass is 9.85. The zero-order valence-electron chi connectivity index (χ0n) is 15.4. The highest BCUT2D eigenvalue weighted by atomic mass is 35.5. The van der Waals surface area contributed by atoms with Crippen LogP contribution in [0.15, 0.2) is 54.7 Å². The zero-order valence-corrected chi connectivity index (χ0v) is 16.2. The number of hydrogen-bond acceptors (Lipinski definition) is 6. The largest absolute Gasteiger partial charge is 0.469 e. The van der Waals surface area contributed by atoms with Gasteiger partial charge in [0.2, 0.25) is 0 Å². The first-order chi connectivity index (χ1) is 13.6. The number of rotatable bonds is 3. The molecule has 0 bridgehead atoms. The predicted molar refractivity (Wildman–Crippen MR) is 105 cm³/mol. The van der Waals surface area contributed by atoms with Crippen LogP contribution in [0.3, 0.4) is 0 Å². The van der Waals surface area contributed by atoms with Crippen molar-refractivity contribution in [3.63, 3.8) is 0 Å². The Morgan fingerprint density at radius 3 is 2.32 bits per heavy atom. The van der Waals surface area contributed by atoms with Crippen molar-refractivity contribution in [2.75, 3.05) is 19.2 Å². The number of esters is 2. The average Bonchev–Trinajstić information content (AvgIpc) is 3.08. The molecule has 0 spiro atoms. The molecule has 1 fully saturated rings. The number of carbonyl (C=O) groups is 2. The Balaban J connectivity index is 1.91. The van der Waals surface area contributed by atoms with E-state index in [2.05, 4.69) is 0 Å². The minimum atomic E-state index is -0.876. The fraction of sp³-hybridized carbons (Fsp3) is 0.238. The highest BCUT2D eigenvalue weighted by molar-refractivity contribution is 6.30. The van der Waals surface area contributed by atoms with Crippen molar-refractivity contribution >= 4 is 35.3 Å². The normalized spacial score (nSPS) is 22.5. The molecule has 2 aromatic carbocycles. The third-order valence-electron chi connectivity index (χ3n) is 5.21. The lowest BCUT2D eigenvalue weighted by molar-refractivity contribution is -0.153. The van der Waals surface area contributed by atoms with Gasteiger partial charge >= 0.3 is 11.9 Å². The summed E-state index contributed by atoms with van der Waals surface area (Å²) in [5.74, 6) is -1.74. The molecule has 0 N–H and O–H groups in total. The molecule has 2 aromatic rings. The standard InChI is InChI=1S/C21H19ClN2O4/c1-27-20(25)17-18-16-6-4-3-5-13(16)11-12-23(18)24(19(17)21(26)28-2)15-9-7-14(22)8-10-15/h3-12,17-19H,1-2H3/t17-,18?,19+/m0/s1. The molecule has 2 heterocycles. The summed E-state index contributed by atoms with van der Waals surface area (Å²) < 4.78 is 10.1. The predicted octanol–water partition coefficient (Wildman–Crippen LogP) is 3.43. The number of fused-ring (bicyclic) bond motifs is 3. The van der Waals surface area contributed by atoms with Gasteiger partial charge in [-0.25, -0.2) is 4.79 Å². The van der Waals surface area contributed by atoms with Crippen LogP contribution in [0.2, 0.25) is 5.02 Å². The fourth-order valence-corrected chi connectivity index (χ4v) is 4.13. The first kappa shape index (κ1) is 18.4. The molecule has 0 aliphatic carbocycles. The molecule has 144 valence electrons. The van der Waals surface area contributed by atoms with Gasteiger partial charge < -0.3 is 9.47 Å². The van der Waals surface area contributed by atoms with Gasteiger partial charge in [0.05, 0.1) is 25.9 Å². The van der Waals surface area contributed by atoms with E-state index in [1.807, 2.05) is 53.7 Å². The summed E-state index contributed by atoms with van der Waals surface area (Å²) in [6, 6.07) is 13.6. The highest BCUT2D eigenvalue weighted by Crippen LogP contribution is 2.48. The van der Waals surface area contributed by atoms with Gasteiger partial charge in [0, 0.05) is 11.2 Å². The van der Waals surface area contributed by atoms with Gasteiger partial charge in [-0.1, -0.05) is 35.9 Å². The molecular weight excluding hydrogens is 380 g/mol. The summed E-state index contributed by atoms with van der Waals surface area (Å²) in [6.45, 7) is 0. The van der Waals surface area contributed by atoms with Crippen molar-refractivity contribution in [2.45, 2.75) is 12.1 Å². The molecule has 0 saturated carbocycles. The molecule has 2 aliphatic rings. The van der Waals surface area contributed by atoms with Crippen LogP contribution >= 0.6 is 11.6 Å². The van der Waals surface area contributed by atoms with Crippen molar-refractivity contribution in [3.05, 3.63) is 70.9 Å². The number of carbonyl (C=O) groups excluding carboxylic acids is 2. The van der Waals surface area contributed by atoms with Crippen molar-refractivity contribution in [2.24, 2.45) is 5.92 Å². The Kier molecular flexibility index (Phi) is 4.73. The van der Waals surface area contributed by atoms with E-state index in [1.165, 1.54) is 14.2 Å². The van der Waals surface area contributed by atoms with Gasteiger partial charge in [-0.3, -0.25) is 14.8 Å². The average molecular weight is 399 g/mol. The van der Waals surface area contributed by atoms with Gasteiger partial charge in [0.15, 0.2) is 6.04 Å². The maximum atomic E-state index is 12.8. The SMILES string of the molecule is COC(=O)[C@H]1C2c3ccccc3C=CN2N(c2ccc(Cl)cc2)[C@H]1C(=O)OC. The quantitative estimate of drug-likeness (QED) is 0.738. The lowest BCUT2D eigenvalue weighted by Gasteiger charge is -2.36. The number of methoxy groups -OCH3 is 2. The van der Waals surface area contributed by atoms with Crippen LogP contribution in [-0.2, 0) is 19.1 Å². The Morgan fingerprint density at radius 2 is 1.64 bits per heavy atom. The topological polar surface area (TPSA) is 59.1 Å². The highest BCUT2D eigenvalue weighted by Gasteiger charge is 2.56. The third kappa shape index (κ3) is 2.81. The van der Waals surface area contributed by atoms with Crippen molar-refractivity contribution < 1.29 is 19.1 Å². The van der Waals surface area contributed by atoms with Gasteiger partial charge in [-0.2, -0.15) is 0 Å². The molecule has 1 saturated heterocycles. The Morgan fingerprint density at radius 1 is 0.964 bits per heavy atom. The van der Waals surface area contributed by atoms with Gasteiger partial charge in [0.1, 0.15) is 5.92 Å². The van der Waals surface area contributed by atoms with E-state index < -0.39 is 29.9 Å². The van der Waals surface area contributed by atoms with E-state index in [-0.39, 0.29) is 0 Å². The molecular formula is C21H19ClN2O4. The maximum absolute atomic E-state index is 12.8. The van der Waals surface area contributed by atoms with Crippen LogP contribution in [0.4, 0.5) is 5.69 Å². The number of benzene rings is 2. The summed E-state index contributed by atoms with van der Waals surface area (Å²) in [4.78, 5) is 25.6. The van der Waals surface area contributed by atoms with Gasteiger partial charge in [-0.05, 0) is 41.5 Å². The number of hydrogen-bond donors (Lipinski definition) is 0. The smallest absolute Gasteiger partial charge is 0.331 e. The molecule has 0 radical (unpaired) electrons. The molecule has 0 aromatic heterocycles. The summed E-state index contributed by atoms with van der Waals surface area (Å²) in [5.41, 5.74) is 2.67. The first-order valence-electron chi connectivity index (χ1n) is 8.82. The number of halogens is 1. The van der Waals surface area contributed by atoms with Crippen LogP contribution < -0.4 is 5.01 Å². The summed E-state index contributed by atoms with van der Waals surface area (Å²) in [7, 11) is 2.65. The van der Waals surface area contributed by atoms with Gasteiger partial charge in [-0.15, -0.1) is 0 Å². The first-order valence-corrected chi connectivity index (χ1v) is 9.20. The van der Waals surface area contributed by atoms with Crippen LogP contribution in [0.25, 0.3) is 6.08 Å². The van der Waals surface area contributed by atoms with Crippen LogP contribution in [-0.4, -0.2) is 37.2 Å². The maximum Gasteiger partial charge on any atom is 0.331 e. The molecule has 2 aliphatic heterocycles. The molecule has 0 amide bonds. The molecule has 3 atom stereocenters. The second-order valence-electron chi connectivity index (χ2n) is 6.61. The number of ether oxygens (including phenoxy) is 2. The Hall–Kier alpha value is -2.99. The van der Waals surface area contributed by atoms with E-state index in [1.54, 1.807) is 17.1 Å². The van der Waals surface area contributed by atoms with Crippen LogP contribution in [0.1, 0.15) is 17.2 Å². The lowest BCUT2D eigenvalue weighted by Crippen LogP contribution is -2.46. The van der Waals surface area contributed by atoms with E-state index in [0.717, 1.165) is 16.8 Å². The Labute approximate surface area is 167 Å². The van der Waals surface area contributed by atoms with E-state index in [9.17, 15) is 9.59 Å². The minimum Gasteiger partial charge on any atom is -0.469 e. The summed E-state index contributed by atoms with van der Waals surface area (Å²) in [5, 5.41) is 4.26. The zero-order chi connectivity index (χ0) is 19.8. The van der Waals surface area contributed by atoms with Crippen molar-refractivity contribution in [1.82, 2.24) is 5.01 Å². The number of hydrazine groups is 1. The second-order valence-corrected chi connectivity index (χ2v) is 7.04. The van der Waals surface area contributed by atoms with Crippen molar-refractivity contribution in [3.8, 4) is 0 Å². The van der Waals surface area contributed by atoms with Gasteiger partial charge in [0.25, 0.3) is 0 Å². The number of anilines is 1. The molecule has 6 nitrogen and oxygen atoms in total. The third-order valence-corrected chi connectivity index (χ3v) is 5.46. The monoisotopic (exact) mass is 398 g/mol. The van der Waals surface area contributed by atoms with Crippen molar-refractivity contribution in [1.29, 1.82) is 0 Å². The van der Waals surface area contributed by atoms with E-state index in [0.29, 0.717) is 5.02 Å². The summed E-state index contributed by atoms with van der Waals surface area (Å²) in [6.07, 6.45) is 3.84. The van der Waals surface area contributed by atoms with E-state index >= 15 is 0 Å². The molecule has 7 heteroatoms. The fourth-order valence-electron chi connectivity index (χ4n) is 4.01. The van der Waals surface area contributed by atoms with Crippen LogP contribution in [0.5, 0.6) is 0 Å². The van der Waals surface area contributed by atoms with Crippen LogP contribution in [0, 0.1) is 5.92 Å². The second kappa shape index (κ2) is 7.20. The molecule has 1 unspecified atom stereocenters. The molecule has 4 rings (SSSR count). The minimum absolute atomic E-state index is 0.395. The van der Waals surface area contributed by atoms with E-state index in [4.69, 9.17) is 21.1 Å². The molecule has 28 heavy (non-hydrogen) atoms. The number of nitrogens with zero attached hydrogens (tertiary/aromatic N) is 2. The Bertz CT molecular complexity index is 944.